The molecule has 2 rings (SSSR count). The van der Waals surface area contributed by atoms with E-state index in [2.05, 4.69) is 4.99 Å². The van der Waals surface area contributed by atoms with E-state index in [1.54, 1.807) is 26.0 Å². The van der Waals surface area contributed by atoms with Gasteiger partial charge in [-0.05, 0) is 38.0 Å². The van der Waals surface area contributed by atoms with E-state index in [-0.39, 0.29) is 16.2 Å². The largest absolute Gasteiger partial charge is 0.507 e. The maximum absolute atomic E-state index is 11.8. The van der Waals surface area contributed by atoms with Gasteiger partial charge < -0.3 is 9.52 Å². The number of nitrogens with two attached hydrogens (primary N) is 1. The lowest BCUT2D eigenvalue weighted by Crippen LogP contribution is -2.13. The number of primary sulfonamides is 1. The van der Waals surface area contributed by atoms with E-state index < -0.39 is 15.6 Å². The van der Waals surface area contributed by atoms with Crippen LogP contribution in [0.25, 0.3) is 0 Å². The Hall–Kier alpha value is -2.45. The van der Waals surface area contributed by atoms with Crippen LogP contribution in [0.15, 0.2) is 49.4 Å². The standard InChI is InChI=1S/C16H18N2O5S/c1-10-9-14(19)15(16(20)23-10)11(2)18-8-7-12-3-5-13(6-4-12)24(17,21)22/h3-6,9,19H,7-8H2,1-2H3,(H2,17,21,22). The van der Waals surface area contributed by atoms with E-state index in [1.165, 1.54) is 18.2 Å². The molecule has 24 heavy (non-hydrogen) atoms. The van der Waals surface area contributed by atoms with Gasteiger partial charge in [-0.3, -0.25) is 4.99 Å². The van der Waals surface area contributed by atoms with Crippen LogP contribution in [0.4, 0.5) is 0 Å². The average molecular weight is 350 g/mol. The summed E-state index contributed by atoms with van der Waals surface area (Å²) in [6.45, 7) is 3.56. The van der Waals surface area contributed by atoms with Gasteiger partial charge >= 0.3 is 5.63 Å². The van der Waals surface area contributed by atoms with Gasteiger partial charge in [-0.25, -0.2) is 18.4 Å². The summed E-state index contributed by atoms with van der Waals surface area (Å²) in [4.78, 5) is 16.1. The summed E-state index contributed by atoms with van der Waals surface area (Å²) in [6, 6.07) is 7.54. The predicted octanol–water partition coefficient (Wildman–Crippen LogP) is 1.35. The Kier molecular flexibility index (Phi) is 5.20. The van der Waals surface area contributed by atoms with Crippen LogP contribution in [0, 0.1) is 6.92 Å². The predicted molar refractivity (Wildman–Crippen MR) is 90.0 cm³/mol. The third kappa shape index (κ3) is 4.30. The molecule has 128 valence electrons. The Balaban J connectivity index is 2.10. The zero-order chi connectivity index (χ0) is 17.9. The molecule has 0 atom stereocenters. The lowest BCUT2D eigenvalue weighted by molar-refractivity contribution is 0.432. The summed E-state index contributed by atoms with van der Waals surface area (Å²) < 4.78 is 27.3. The SMILES string of the molecule is CC(=NCCc1ccc(S(N)(=O)=O)cc1)c1c(O)cc(C)oc1=O. The highest BCUT2D eigenvalue weighted by Crippen LogP contribution is 2.15. The molecule has 0 unspecified atom stereocenters. The van der Waals surface area contributed by atoms with Gasteiger partial charge in [0.15, 0.2) is 0 Å². The van der Waals surface area contributed by atoms with Gasteiger partial charge in [0.1, 0.15) is 17.1 Å². The van der Waals surface area contributed by atoms with E-state index in [9.17, 15) is 18.3 Å². The van der Waals surface area contributed by atoms with E-state index in [4.69, 9.17) is 9.56 Å². The number of sulfonamides is 1. The van der Waals surface area contributed by atoms with E-state index in [0.29, 0.717) is 24.4 Å². The van der Waals surface area contributed by atoms with Crippen molar-refractivity contribution in [3.8, 4) is 5.75 Å². The van der Waals surface area contributed by atoms with E-state index in [1.807, 2.05) is 0 Å². The Morgan fingerprint density at radius 2 is 1.92 bits per heavy atom. The third-order valence-corrected chi connectivity index (χ3v) is 4.35. The van der Waals surface area contributed by atoms with Gasteiger partial charge in [-0.2, -0.15) is 0 Å². The van der Waals surface area contributed by atoms with Crippen LogP contribution in [0.1, 0.15) is 23.8 Å². The highest BCUT2D eigenvalue weighted by atomic mass is 32.2. The number of nitrogens with zero attached hydrogens (tertiary/aromatic N) is 1. The maximum Gasteiger partial charge on any atom is 0.348 e. The summed E-state index contributed by atoms with van der Waals surface area (Å²) >= 11 is 0. The molecular weight excluding hydrogens is 332 g/mol. The molecule has 2 aromatic rings. The lowest BCUT2D eigenvalue weighted by Gasteiger charge is -2.04. The summed E-state index contributed by atoms with van der Waals surface area (Å²) in [7, 11) is -3.70. The highest BCUT2D eigenvalue weighted by Gasteiger charge is 2.12. The van der Waals surface area contributed by atoms with Gasteiger partial charge in [0.2, 0.25) is 10.0 Å². The Bertz CT molecular complexity index is 928. The normalized spacial score (nSPS) is 12.4. The number of benzene rings is 1. The van der Waals surface area contributed by atoms with Crippen LogP contribution < -0.4 is 10.8 Å². The van der Waals surface area contributed by atoms with Crippen molar-refractivity contribution in [3.63, 3.8) is 0 Å². The lowest BCUT2D eigenvalue weighted by atomic mass is 10.1. The molecule has 0 amide bonds. The summed E-state index contributed by atoms with van der Waals surface area (Å²) in [6.07, 6.45) is 0.542. The second-order valence-corrected chi connectivity index (χ2v) is 6.87. The molecule has 0 saturated carbocycles. The number of aliphatic imine (C=N–C) groups is 1. The first kappa shape index (κ1) is 17.9. The summed E-state index contributed by atoms with van der Waals surface area (Å²) in [5, 5.41) is 14.9. The zero-order valence-electron chi connectivity index (χ0n) is 13.3. The van der Waals surface area contributed by atoms with Crippen LogP contribution in [-0.4, -0.2) is 25.8 Å². The van der Waals surface area contributed by atoms with Crippen molar-refractivity contribution >= 4 is 15.7 Å². The number of aryl methyl sites for hydroxylation is 1. The van der Waals surface area contributed by atoms with Crippen molar-refractivity contribution in [3.05, 3.63) is 57.6 Å². The Morgan fingerprint density at radius 3 is 2.46 bits per heavy atom. The van der Waals surface area contributed by atoms with Gasteiger partial charge in [0.25, 0.3) is 0 Å². The molecule has 1 heterocycles. The second kappa shape index (κ2) is 6.98. The van der Waals surface area contributed by atoms with Crippen LogP contribution in [-0.2, 0) is 16.4 Å². The first-order chi connectivity index (χ1) is 11.2. The minimum Gasteiger partial charge on any atom is -0.507 e. The molecule has 0 spiro atoms. The number of aromatic hydroxyl groups is 1. The molecule has 8 heteroatoms. The molecule has 0 radical (unpaired) electrons. The first-order valence-corrected chi connectivity index (χ1v) is 8.70. The fourth-order valence-corrected chi connectivity index (χ4v) is 2.72. The van der Waals surface area contributed by atoms with E-state index >= 15 is 0 Å². The van der Waals surface area contributed by atoms with Gasteiger partial charge in [0.05, 0.1) is 10.6 Å². The Morgan fingerprint density at radius 1 is 1.29 bits per heavy atom. The van der Waals surface area contributed by atoms with Crippen LogP contribution in [0.3, 0.4) is 0 Å². The molecule has 0 aliphatic rings. The van der Waals surface area contributed by atoms with Gasteiger partial charge in [0, 0.05) is 12.6 Å². The molecule has 1 aromatic carbocycles. The number of rotatable bonds is 5. The maximum atomic E-state index is 11.8. The van der Waals surface area contributed by atoms with Crippen molar-refractivity contribution < 1.29 is 17.9 Å². The smallest absolute Gasteiger partial charge is 0.348 e. The first-order valence-electron chi connectivity index (χ1n) is 7.15. The minimum absolute atomic E-state index is 0.0465. The molecular formula is C16H18N2O5S. The quantitative estimate of drug-likeness (QED) is 0.788. The monoisotopic (exact) mass is 350 g/mol. The van der Waals surface area contributed by atoms with Crippen LogP contribution >= 0.6 is 0 Å². The summed E-state index contributed by atoms with van der Waals surface area (Å²) in [5.74, 6) is 0.159. The van der Waals surface area contributed by atoms with Crippen molar-refractivity contribution in [1.29, 1.82) is 0 Å². The van der Waals surface area contributed by atoms with Gasteiger partial charge in [-0.1, -0.05) is 12.1 Å². The molecule has 1 aromatic heterocycles. The van der Waals surface area contributed by atoms with Crippen LogP contribution in [0.2, 0.25) is 0 Å². The van der Waals surface area contributed by atoms with Crippen molar-refractivity contribution in [2.75, 3.05) is 6.54 Å². The van der Waals surface area contributed by atoms with Crippen molar-refractivity contribution in [1.82, 2.24) is 0 Å². The fourth-order valence-electron chi connectivity index (χ4n) is 2.21. The molecule has 0 bridgehead atoms. The molecule has 0 fully saturated rings. The van der Waals surface area contributed by atoms with Crippen molar-refractivity contribution in [2.45, 2.75) is 25.2 Å². The highest BCUT2D eigenvalue weighted by molar-refractivity contribution is 7.89. The molecule has 7 nitrogen and oxygen atoms in total. The third-order valence-electron chi connectivity index (χ3n) is 3.42. The summed E-state index contributed by atoms with van der Waals surface area (Å²) in [5.41, 5.74) is 0.665. The number of hydrogen-bond acceptors (Lipinski definition) is 6. The number of hydrogen-bond donors (Lipinski definition) is 2. The molecule has 0 aliphatic heterocycles. The fraction of sp³-hybridized carbons (Fsp3) is 0.250. The zero-order valence-corrected chi connectivity index (χ0v) is 14.1. The van der Waals surface area contributed by atoms with E-state index in [0.717, 1.165) is 5.56 Å². The average Bonchev–Trinajstić information content (AvgIpc) is 2.45. The van der Waals surface area contributed by atoms with Crippen molar-refractivity contribution in [2.24, 2.45) is 10.1 Å². The molecule has 0 aliphatic carbocycles. The second-order valence-electron chi connectivity index (χ2n) is 5.31. The minimum atomic E-state index is -3.70. The van der Waals surface area contributed by atoms with Crippen LogP contribution in [0.5, 0.6) is 5.75 Å². The molecule has 3 N–H and O–H groups in total. The Labute approximate surface area is 139 Å². The molecule has 0 saturated heterocycles. The van der Waals surface area contributed by atoms with Gasteiger partial charge in [-0.15, -0.1) is 0 Å². The topological polar surface area (TPSA) is 123 Å².